The monoisotopic (exact) mass is 364 g/mol. The maximum Gasteiger partial charge on any atom is 0.275 e. The van der Waals surface area contributed by atoms with Gasteiger partial charge in [-0.2, -0.15) is 0 Å². The van der Waals surface area contributed by atoms with Gasteiger partial charge in [0, 0.05) is 31.4 Å². The minimum atomic E-state index is -0.824. The van der Waals surface area contributed by atoms with Crippen LogP contribution in [0.5, 0.6) is 0 Å². The number of rotatable bonds is 7. The summed E-state index contributed by atoms with van der Waals surface area (Å²) >= 11 is 0. The number of nitrogens with zero attached hydrogens (tertiary/aromatic N) is 2. The van der Waals surface area contributed by atoms with Crippen LogP contribution in [0, 0.1) is 0 Å². The summed E-state index contributed by atoms with van der Waals surface area (Å²) in [5, 5.41) is 19.0. The van der Waals surface area contributed by atoms with Crippen molar-refractivity contribution < 1.29 is 10.2 Å². The highest BCUT2D eigenvalue weighted by Crippen LogP contribution is 2.16. The molecule has 0 radical (unpaired) electrons. The van der Waals surface area contributed by atoms with Crippen LogP contribution in [0.15, 0.2) is 47.7 Å². The second-order valence-corrected chi connectivity index (χ2v) is 5.76. The number of fused-ring (bicyclic) bond motifs is 1. The van der Waals surface area contributed by atoms with Gasteiger partial charge in [0.1, 0.15) is 5.52 Å². The van der Waals surface area contributed by atoms with Crippen molar-refractivity contribution in [2.45, 2.75) is 19.2 Å². The van der Waals surface area contributed by atoms with Gasteiger partial charge in [-0.3, -0.25) is 9.69 Å². The maximum atomic E-state index is 11.8. The highest BCUT2D eigenvalue weighted by molar-refractivity contribution is 5.85. The summed E-state index contributed by atoms with van der Waals surface area (Å²) in [4.78, 5) is 23.5. The van der Waals surface area contributed by atoms with Crippen LogP contribution in [0.25, 0.3) is 11.0 Å². The smallest absolute Gasteiger partial charge is 0.275 e. The zero-order chi connectivity index (χ0) is 16.9. The summed E-state index contributed by atoms with van der Waals surface area (Å²) in [6.07, 6.45) is 2.32. The van der Waals surface area contributed by atoms with Crippen LogP contribution in [0.4, 0.5) is 0 Å². The molecule has 4 N–H and O–H groups in total. The van der Waals surface area contributed by atoms with Gasteiger partial charge < -0.3 is 20.2 Å². The third-order valence-electron chi connectivity index (χ3n) is 3.87. The minimum absolute atomic E-state index is 0. The fourth-order valence-electron chi connectivity index (χ4n) is 2.75. The van der Waals surface area contributed by atoms with E-state index in [2.05, 4.69) is 15.0 Å². The Morgan fingerprint density at radius 1 is 1.16 bits per heavy atom. The van der Waals surface area contributed by atoms with E-state index in [1.165, 1.54) is 6.33 Å². The summed E-state index contributed by atoms with van der Waals surface area (Å²) in [7, 11) is 0. The molecule has 0 aliphatic heterocycles. The molecule has 2 aromatic heterocycles. The fourth-order valence-corrected chi connectivity index (χ4v) is 2.75. The lowest BCUT2D eigenvalue weighted by atomic mass is 10.2. The Kier molecular flexibility index (Phi) is 6.72. The third kappa shape index (κ3) is 4.67. The number of aromatic amines is 2. The summed E-state index contributed by atoms with van der Waals surface area (Å²) in [5.41, 5.74) is 2.83. The fraction of sp³-hybridized carbons (Fsp3) is 0.294. The van der Waals surface area contributed by atoms with Crippen molar-refractivity contribution in [3.8, 4) is 0 Å². The Bertz CT molecular complexity index is 850. The summed E-state index contributed by atoms with van der Waals surface area (Å²) in [6.45, 7) is 1.15. The zero-order valence-corrected chi connectivity index (χ0v) is 14.4. The molecule has 25 heavy (non-hydrogen) atoms. The number of H-pyrrole nitrogens is 2. The Hall–Kier alpha value is -2.19. The number of aliphatic hydroxyl groups excluding tert-OH is 2. The van der Waals surface area contributed by atoms with Crippen molar-refractivity contribution in [1.82, 2.24) is 19.9 Å². The van der Waals surface area contributed by atoms with Crippen LogP contribution in [-0.2, 0) is 13.1 Å². The van der Waals surface area contributed by atoms with E-state index in [1.807, 2.05) is 35.2 Å². The molecule has 0 fully saturated rings. The van der Waals surface area contributed by atoms with E-state index in [9.17, 15) is 9.90 Å². The van der Waals surface area contributed by atoms with Gasteiger partial charge >= 0.3 is 0 Å². The van der Waals surface area contributed by atoms with Gasteiger partial charge in [-0.1, -0.05) is 30.3 Å². The molecule has 0 saturated carbocycles. The molecule has 1 atom stereocenters. The van der Waals surface area contributed by atoms with E-state index in [0.717, 1.165) is 11.1 Å². The molecule has 3 rings (SSSR count). The predicted molar refractivity (Wildman–Crippen MR) is 97.6 cm³/mol. The number of halogens is 1. The molecule has 0 saturated heterocycles. The standard InChI is InChI=1S/C17H20N4O3.ClH/c22-10-14(23)9-21(7-12-4-2-1-3-5-12)8-13-6-18-16-15(13)19-11-20-17(16)24;/h1-6,11,14,18,22-23H,7-10H2,(H,19,20,24);1H/t14-;/m0./s1. The maximum absolute atomic E-state index is 11.8. The number of aliphatic hydroxyl groups is 2. The molecule has 0 aliphatic carbocycles. The van der Waals surface area contributed by atoms with Crippen molar-refractivity contribution in [1.29, 1.82) is 0 Å². The van der Waals surface area contributed by atoms with E-state index in [4.69, 9.17) is 5.11 Å². The first-order valence-electron chi connectivity index (χ1n) is 7.76. The van der Waals surface area contributed by atoms with Crippen LogP contribution >= 0.6 is 12.4 Å². The van der Waals surface area contributed by atoms with Gasteiger partial charge in [-0.25, -0.2) is 4.98 Å². The average Bonchev–Trinajstić information content (AvgIpc) is 3.00. The average molecular weight is 365 g/mol. The molecule has 134 valence electrons. The van der Waals surface area contributed by atoms with Gasteiger partial charge in [-0.15, -0.1) is 12.4 Å². The van der Waals surface area contributed by atoms with Gasteiger partial charge in [0.25, 0.3) is 5.56 Å². The van der Waals surface area contributed by atoms with Crippen molar-refractivity contribution in [3.05, 3.63) is 64.3 Å². The lowest BCUT2D eigenvalue weighted by molar-refractivity contribution is 0.0543. The van der Waals surface area contributed by atoms with Crippen molar-refractivity contribution in [2.24, 2.45) is 0 Å². The molecule has 3 aromatic rings. The van der Waals surface area contributed by atoms with E-state index < -0.39 is 6.10 Å². The number of nitrogens with one attached hydrogen (secondary N) is 2. The number of benzene rings is 1. The largest absolute Gasteiger partial charge is 0.394 e. The van der Waals surface area contributed by atoms with Crippen molar-refractivity contribution >= 4 is 23.4 Å². The van der Waals surface area contributed by atoms with Gasteiger partial charge in [0.05, 0.1) is 24.6 Å². The molecule has 0 amide bonds. The summed E-state index contributed by atoms with van der Waals surface area (Å²) < 4.78 is 0. The van der Waals surface area contributed by atoms with Crippen LogP contribution in [0.1, 0.15) is 11.1 Å². The molecule has 0 bridgehead atoms. The van der Waals surface area contributed by atoms with E-state index in [0.29, 0.717) is 30.7 Å². The lowest BCUT2D eigenvalue weighted by Crippen LogP contribution is -2.33. The van der Waals surface area contributed by atoms with Gasteiger partial charge in [0.2, 0.25) is 0 Å². The van der Waals surface area contributed by atoms with Crippen LogP contribution < -0.4 is 5.56 Å². The Labute approximate surface area is 150 Å². The zero-order valence-electron chi connectivity index (χ0n) is 13.6. The highest BCUT2D eigenvalue weighted by atomic mass is 35.5. The molecule has 7 nitrogen and oxygen atoms in total. The Balaban J connectivity index is 0.00000225. The quantitative estimate of drug-likeness (QED) is 0.501. The van der Waals surface area contributed by atoms with Gasteiger partial charge in [0.15, 0.2) is 0 Å². The normalized spacial score (nSPS) is 12.3. The molecule has 0 aliphatic rings. The van der Waals surface area contributed by atoms with Crippen molar-refractivity contribution in [2.75, 3.05) is 13.2 Å². The molecular weight excluding hydrogens is 344 g/mol. The topological polar surface area (TPSA) is 105 Å². The summed E-state index contributed by atoms with van der Waals surface area (Å²) in [6, 6.07) is 9.89. The first-order valence-corrected chi connectivity index (χ1v) is 7.76. The van der Waals surface area contributed by atoms with Crippen molar-refractivity contribution in [3.63, 3.8) is 0 Å². The van der Waals surface area contributed by atoms with Crippen LogP contribution in [0.2, 0.25) is 0 Å². The Morgan fingerprint density at radius 3 is 2.64 bits per heavy atom. The molecule has 0 unspecified atom stereocenters. The first-order chi connectivity index (χ1) is 11.7. The molecule has 0 spiro atoms. The highest BCUT2D eigenvalue weighted by Gasteiger charge is 2.15. The van der Waals surface area contributed by atoms with Crippen LogP contribution in [-0.4, -0.2) is 49.3 Å². The van der Waals surface area contributed by atoms with E-state index in [-0.39, 0.29) is 24.6 Å². The molecule has 2 heterocycles. The molecular formula is C17H21ClN4O3. The SMILES string of the molecule is Cl.O=c1[nH]cnc2c(CN(Cc3ccccc3)C[C@H](O)CO)c[nH]c12. The number of hydrogen-bond donors (Lipinski definition) is 4. The lowest BCUT2D eigenvalue weighted by Gasteiger charge is -2.24. The Morgan fingerprint density at radius 2 is 1.92 bits per heavy atom. The third-order valence-corrected chi connectivity index (χ3v) is 3.87. The molecule has 8 heteroatoms. The second-order valence-electron chi connectivity index (χ2n) is 5.76. The second kappa shape index (κ2) is 8.77. The summed E-state index contributed by atoms with van der Waals surface area (Å²) in [5.74, 6) is 0. The number of hydrogen-bond acceptors (Lipinski definition) is 5. The predicted octanol–water partition coefficient (Wildman–Crippen LogP) is 1.03. The minimum Gasteiger partial charge on any atom is -0.394 e. The molecule has 1 aromatic carbocycles. The van der Waals surface area contributed by atoms with Crippen LogP contribution in [0.3, 0.4) is 0 Å². The number of aromatic nitrogens is 3. The first kappa shape index (κ1) is 19.1. The van der Waals surface area contributed by atoms with Gasteiger partial charge in [-0.05, 0) is 5.56 Å². The van der Waals surface area contributed by atoms with E-state index >= 15 is 0 Å². The van der Waals surface area contributed by atoms with E-state index in [1.54, 1.807) is 6.20 Å².